The summed E-state index contributed by atoms with van der Waals surface area (Å²) in [5.41, 5.74) is 2.45. The third-order valence-electron chi connectivity index (χ3n) is 4.23. The first-order valence-corrected chi connectivity index (χ1v) is 12.1. The SMILES string of the molecule is O=C([O-])c1ccc(Br)cc1.O=C([O-])c1ccc(Br)cc1.S=C(Nc1ccccc1)c1ccccc1.[Pb+2]. The predicted octanol–water partition coefficient (Wildman–Crippen LogP) is 4.72. The largest absolute Gasteiger partial charge is 2.00 e. The van der Waals surface area contributed by atoms with Crippen LogP contribution >= 0.6 is 44.1 Å². The van der Waals surface area contributed by atoms with Gasteiger partial charge < -0.3 is 25.1 Å². The molecule has 1 N–H and O–H groups in total. The third kappa shape index (κ3) is 12.0. The van der Waals surface area contributed by atoms with Crippen LogP contribution in [0.5, 0.6) is 0 Å². The molecule has 0 bridgehead atoms. The van der Waals surface area contributed by atoms with E-state index in [0.717, 1.165) is 25.2 Å². The fraction of sp³-hybridized carbons (Fsp3) is 0. The molecule has 0 aliphatic carbocycles. The van der Waals surface area contributed by atoms with E-state index in [1.807, 2.05) is 60.7 Å². The molecule has 4 aromatic carbocycles. The quantitative estimate of drug-likeness (QED) is 0.237. The minimum absolute atomic E-state index is 0. The molecule has 0 aliphatic rings. The number of hydrogen-bond acceptors (Lipinski definition) is 5. The Balaban J connectivity index is 0.000000276. The summed E-state index contributed by atoms with van der Waals surface area (Å²) >= 11 is 11.7. The Morgan fingerprint density at radius 2 is 0.944 bits per heavy atom. The molecule has 2 radical (unpaired) electrons. The van der Waals surface area contributed by atoms with Gasteiger partial charge in [-0.2, -0.15) is 0 Å². The van der Waals surface area contributed by atoms with Gasteiger partial charge >= 0.3 is 27.3 Å². The Morgan fingerprint density at radius 1 is 0.583 bits per heavy atom. The molecule has 0 saturated heterocycles. The van der Waals surface area contributed by atoms with Gasteiger partial charge in [-0.15, -0.1) is 0 Å². The van der Waals surface area contributed by atoms with E-state index >= 15 is 0 Å². The maximum Gasteiger partial charge on any atom is 2.00 e. The minimum atomic E-state index is -1.15. The maximum atomic E-state index is 10.2. The number of thiocarbonyl (C=S) groups is 1. The zero-order chi connectivity index (χ0) is 25.6. The number of rotatable bonds is 4. The van der Waals surface area contributed by atoms with Crippen molar-refractivity contribution in [3.63, 3.8) is 0 Å². The van der Waals surface area contributed by atoms with Crippen LogP contribution in [0.3, 0.4) is 0 Å². The molecular weight excluding hydrogens is 801 g/mol. The molecule has 36 heavy (non-hydrogen) atoms. The van der Waals surface area contributed by atoms with Crippen molar-refractivity contribution in [2.75, 3.05) is 5.32 Å². The van der Waals surface area contributed by atoms with Crippen LogP contribution in [-0.2, 0) is 0 Å². The van der Waals surface area contributed by atoms with E-state index < -0.39 is 11.9 Å². The second-order valence-electron chi connectivity index (χ2n) is 6.77. The number of para-hydroxylation sites is 1. The van der Waals surface area contributed by atoms with Crippen LogP contribution in [0.25, 0.3) is 0 Å². The van der Waals surface area contributed by atoms with E-state index in [0.29, 0.717) is 0 Å². The molecule has 0 amide bonds. The second-order valence-corrected chi connectivity index (χ2v) is 9.01. The Labute approximate surface area is 252 Å². The van der Waals surface area contributed by atoms with Crippen LogP contribution < -0.4 is 15.5 Å². The molecule has 4 rings (SSSR count). The first kappa shape index (κ1) is 31.6. The molecule has 0 fully saturated rings. The van der Waals surface area contributed by atoms with Gasteiger partial charge in [0.05, 0.1) is 11.9 Å². The molecule has 9 heteroatoms. The van der Waals surface area contributed by atoms with Crippen molar-refractivity contribution in [3.8, 4) is 0 Å². The number of anilines is 1. The minimum Gasteiger partial charge on any atom is -0.545 e. The predicted molar refractivity (Wildman–Crippen MR) is 151 cm³/mol. The average molecular weight is 821 g/mol. The smallest absolute Gasteiger partial charge is 0.545 e. The molecule has 0 saturated carbocycles. The number of hydrogen-bond donors (Lipinski definition) is 1. The number of carbonyl (C=O) groups is 2. The van der Waals surface area contributed by atoms with Crippen LogP contribution in [0.4, 0.5) is 5.69 Å². The van der Waals surface area contributed by atoms with Gasteiger partial charge in [-0.25, -0.2) is 0 Å². The summed E-state index contributed by atoms with van der Waals surface area (Å²) in [5, 5.41) is 23.6. The molecule has 4 aromatic rings. The Morgan fingerprint density at radius 3 is 1.31 bits per heavy atom. The number of carboxylic acids is 2. The van der Waals surface area contributed by atoms with Gasteiger partial charge in [-0.1, -0.05) is 117 Å². The molecule has 0 aliphatic heterocycles. The summed E-state index contributed by atoms with van der Waals surface area (Å²) in [6.45, 7) is 0. The van der Waals surface area contributed by atoms with Gasteiger partial charge in [0, 0.05) is 20.2 Å². The summed E-state index contributed by atoms with van der Waals surface area (Å²) in [7, 11) is 0. The monoisotopic (exact) mass is 819 g/mol. The van der Waals surface area contributed by atoms with Gasteiger partial charge in [0.15, 0.2) is 0 Å². The second kappa shape index (κ2) is 17.1. The first-order chi connectivity index (χ1) is 16.8. The number of carboxylic acid groups (broad SMARTS) is 2. The van der Waals surface area contributed by atoms with Crippen molar-refractivity contribution < 1.29 is 19.8 Å². The van der Waals surface area contributed by atoms with Crippen LogP contribution in [0.2, 0.25) is 0 Å². The van der Waals surface area contributed by atoms with Crippen molar-refractivity contribution in [1.82, 2.24) is 0 Å². The van der Waals surface area contributed by atoms with Crippen LogP contribution in [0, 0.1) is 0 Å². The summed E-state index contributed by atoms with van der Waals surface area (Å²) in [4.78, 5) is 21.1. The van der Waals surface area contributed by atoms with Crippen molar-refractivity contribution >= 4 is 94.0 Å². The molecule has 0 heterocycles. The molecule has 0 atom stereocenters. The van der Waals surface area contributed by atoms with Gasteiger partial charge in [0.1, 0.15) is 4.99 Å². The van der Waals surface area contributed by atoms with Gasteiger partial charge in [-0.3, -0.25) is 0 Å². The Hall–Kier alpha value is -2.41. The van der Waals surface area contributed by atoms with E-state index in [1.54, 1.807) is 24.3 Å². The normalized spacial score (nSPS) is 9.17. The molecule has 0 unspecified atom stereocenters. The molecule has 0 aromatic heterocycles. The van der Waals surface area contributed by atoms with Crippen LogP contribution in [-0.4, -0.2) is 44.2 Å². The average Bonchev–Trinajstić information content (AvgIpc) is 2.86. The standard InChI is InChI=1S/C13H11NS.2C7H5BrO2.Pb/c15-13(11-7-3-1-4-8-11)14-12-9-5-2-6-10-12;2*8-6-3-1-5(2-4-6)7(9)10;/h1-10H,(H,14,15);2*1-4H,(H,9,10);/q;;;+2/p-2. The van der Waals surface area contributed by atoms with Gasteiger partial charge in [0.2, 0.25) is 0 Å². The molecule has 0 spiro atoms. The number of halogens is 2. The topological polar surface area (TPSA) is 92.3 Å². The number of nitrogens with one attached hydrogen (secondary N) is 1. The summed E-state index contributed by atoms with van der Waals surface area (Å²) in [5.74, 6) is -2.29. The Bertz CT molecular complexity index is 1190. The van der Waals surface area contributed by atoms with Crippen molar-refractivity contribution in [1.29, 1.82) is 0 Å². The zero-order valence-electron chi connectivity index (χ0n) is 18.7. The van der Waals surface area contributed by atoms with Gasteiger partial charge in [0.25, 0.3) is 0 Å². The fourth-order valence-electron chi connectivity index (χ4n) is 2.49. The van der Waals surface area contributed by atoms with Crippen molar-refractivity contribution in [2.24, 2.45) is 0 Å². The van der Waals surface area contributed by atoms with Crippen molar-refractivity contribution in [3.05, 3.63) is 135 Å². The Kier molecular flexibility index (Phi) is 15.0. The number of carbonyl (C=O) groups excluding carboxylic acids is 2. The maximum absolute atomic E-state index is 10.2. The molecule has 180 valence electrons. The van der Waals surface area contributed by atoms with E-state index in [4.69, 9.17) is 12.2 Å². The summed E-state index contributed by atoms with van der Waals surface area (Å²) in [6.07, 6.45) is 0. The number of benzene rings is 4. The van der Waals surface area contributed by atoms with Crippen LogP contribution in [0.15, 0.2) is 118 Å². The summed E-state index contributed by atoms with van der Waals surface area (Å²) < 4.78 is 1.72. The van der Waals surface area contributed by atoms with E-state index in [-0.39, 0.29) is 38.4 Å². The van der Waals surface area contributed by atoms with Crippen molar-refractivity contribution in [2.45, 2.75) is 0 Å². The van der Waals surface area contributed by atoms with Crippen LogP contribution in [0.1, 0.15) is 26.3 Å². The third-order valence-corrected chi connectivity index (χ3v) is 5.62. The van der Waals surface area contributed by atoms with Gasteiger partial charge in [-0.05, 0) is 47.5 Å². The van der Waals surface area contributed by atoms with E-state index in [1.165, 1.54) is 24.3 Å². The molecular formula is C27H19Br2NO4PbS. The zero-order valence-corrected chi connectivity index (χ0v) is 26.6. The van der Waals surface area contributed by atoms with E-state index in [9.17, 15) is 19.8 Å². The summed E-state index contributed by atoms with van der Waals surface area (Å²) in [6, 6.07) is 32.4. The van der Waals surface area contributed by atoms with E-state index in [2.05, 4.69) is 37.2 Å². The number of aromatic carboxylic acids is 2. The fourth-order valence-corrected chi connectivity index (χ4v) is 3.27. The first-order valence-electron chi connectivity index (χ1n) is 10.1. The molecule has 5 nitrogen and oxygen atoms in total.